The molecule has 0 aliphatic carbocycles. The van der Waals surface area contributed by atoms with Gasteiger partial charge in [0.1, 0.15) is 5.82 Å². The van der Waals surface area contributed by atoms with Gasteiger partial charge in [-0.3, -0.25) is 4.72 Å². The van der Waals surface area contributed by atoms with Crippen molar-refractivity contribution in [3.05, 3.63) is 58.3 Å². The fourth-order valence-electron chi connectivity index (χ4n) is 1.48. The second kappa shape index (κ2) is 5.61. The van der Waals surface area contributed by atoms with Gasteiger partial charge in [0.2, 0.25) is 0 Å². The lowest BCUT2D eigenvalue weighted by Crippen LogP contribution is -2.13. The van der Waals surface area contributed by atoms with Crippen LogP contribution in [0, 0.1) is 17.1 Å². The maximum atomic E-state index is 13.3. The molecule has 0 unspecified atom stereocenters. The van der Waals surface area contributed by atoms with E-state index in [9.17, 15) is 12.8 Å². The minimum Gasteiger partial charge on any atom is -0.280 e. The topological polar surface area (TPSA) is 70.0 Å². The Morgan fingerprint density at radius 2 is 1.80 bits per heavy atom. The van der Waals surface area contributed by atoms with Crippen molar-refractivity contribution in [1.82, 2.24) is 0 Å². The Bertz CT molecular complexity index is 783. The summed E-state index contributed by atoms with van der Waals surface area (Å²) in [5.41, 5.74) is 0.480. The highest BCUT2D eigenvalue weighted by atomic mass is 79.9. The van der Waals surface area contributed by atoms with Gasteiger partial charge in [-0.25, -0.2) is 12.8 Å². The van der Waals surface area contributed by atoms with Crippen LogP contribution >= 0.6 is 15.9 Å². The average Bonchev–Trinajstić information content (AvgIpc) is 2.43. The zero-order valence-electron chi connectivity index (χ0n) is 9.97. The molecule has 7 heteroatoms. The van der Waals surface area contributed by atoms with E-state index in [0.717, 1.165) is 6.07 Å². The van der Waals surface area contributed by atoms with Gasteiger partial charge in [0, 0.05) is 0 Å². The Morgan fingerprint density at radius 1 is 1.15 bits per heavy atom. The van der Waals surface area contributed by atoms with Crippen LogP contribution in [0.5, 0.6) is 0 Å². The molecule has 102 valence electrons. The number of nitrogens with zero attached hydrogens (tertiary/aromatic N) is 1. The molecular formula is C13H8BrFN2O2S. The van der Waals surface area contributed by atoms with Crippen LogP contribution in [0.25, 0.3) is 0 Å². The van der Waals surface area contributed by atoms with Crippen molar-refractivity contribution < 1.29 is 12.8 Å². The fourth-order valence-corrected chi connectivity index (χ4v) is 2.78. The minimum absolute atomic E-state index is 0.000160. The molecule has 0 spiro atoms. The van der Waals surface area contributed by atoms with Crippen molar-refractivity contribution in [3.8, 4) is 6.07 Å². The van der Waals surface area contributed by atoms with Crippen LogP contribution in [0.15, 0.2) is 51.8 Å². The highest BCUT2D eigenvalue weighted by molar-refractivity contribution is 9.10. The summed E-state index contributed by atoms with van der Waals surface area (Å²) in [5, 5.41) is 8.66. The number of anilines is 1. The molecule has 0 aliphatic rings. The molecule has 0 atom stereocenters. The summed E-state index contributed by atoms with van der Waals surface area (Å²) in [6.45, 7) is 0. The molecule has 0 amide bonds. The molecule has 0 radical (unpaired) electrons. The van der Waals surface area contributed by atoms with Crippen LogP contribution < -0.4 is 4.72 Å². The largest absolute Gasteiger partial charge is 0.280 e. The van der Waals surface area contributed by atoms with E-state index in [1.165, 1.54) is 36.4 Å². The van der Waals surface area contributed by atoms with Crippen LogP contribution in [0.1, 0.15) is 5.56 Å². The predicted molar refractivity (Wildman–Crippen MR) is 76.1 cm³/mol. The number of hydrogen-bond donors (Lipinski definition) is 1. The van der Waals surface area contributed by atoms with Crippen LogP contribution in [-0.4, -0.2) is 8.42 Å². The third-order valence-electron chi connectivity index (χ3n) is 2.47. The van der Waals surface area contributed by atoms with Gasteiger partial charge in [-0.2, -0.15) is 5.26 Å². The molecule has 0 saturated heterocycles. The van der Waals surface area contributed by atoms with Crippen LogP contribution in [0.3, 0.4) is 0 Å². The predicted octanol–water partition coefficient (Wildman–Crippen LogP) is 3.26. The van der Waals surface area contributed by atoms with E-state index < -0.39 is 15.8 Å². The summed E-state index contributed by atoms with van der Waals surface area (Å²) in [5.74, 6) is -0.565. The van der Waals surface area contributed by atoms with Crippen molar-refractivity contribution in [2.24, 2.45) is 0 Å². The quantitative estimate of drug-likeness (QED) is 0.919. The summed E-state index contributed by atoms with van der Waals surface area (Å²) < 4.78 is 40.0. The monoisotopic (exact) mass is 354 g/mol. The molecule has 2 aromatic carbocycles. The van der Waals surface area contributed by atoms with E-state index in [1.807, 2.05) is 6.07 Å². The second-order valence-corrected chi connectivity index (χ2v) is 6.41. The van der Waals surface area contributed by atoms with Crippen molar-refractivity contribution in [2.45, 2.75) is 4.90 Å². The number of rotatable bonds is 3. The standard InChI is InChI=1S/C13H8BrFN2O2S/c14-12-6-3-10(7-13(12)15)17-20(18,19)11-4-1-9(8-16)2-5-11/h1-7,17H. The zero-order chi connectivity index (χ0) is 14.8. The molecule has 2 aromatic rings. The van der Waals surface area contributed by atoms with E-state index in [-0.39, 0.29) is 15.1 Å². The summed E-state index contributed by atoms with van der Waals surface area (Å²) in [6.07, 6.45) is 0. The van der Waals surface area contributed by atoms with Gasteiger partial charge in [-0.05, 0) is 58.4 Å². The lowest BCUT2D eigenvalue weighted by atomic mass is 10.2. The molecule has 0 saturated carbocycles. The normalized spacial score (nSPS) is 10.8. The summed E-state index contributed by atoms with van der Waals surface area (Å²) in [4.78, 5) is -0.000160. The van der Waals surface area contributed by atoms with Crippen LogP contribution in [0.2, 0.25) is 0 Å². The van der Waals surface area contributed by atoms with Crippen molar-refractivity contribution in [2.75, 3.05) is 4.72 Å². The van der Waals surface area contributed by atoms with Crippen molar-refractivity contribution in [1.29, 1.82) is 5.26 Å². The van der Waals surface area contributed by atoms with Gasteiger partial charge in [-0.1, -0.05) is 0 Å². The van der Waals surface area contributed by atoms with Gasteiger partial charge in [0.25, 0.3) is 10.0 Å². The molecule has 4 nitrogen and oxygen atoms in total. The molecule has 1 N–H and O–H groups in total. The third-order valence-corrected chi connectivity index (χ3v) is 4.51. The minimum atomic E-state index is -3.81. The van der Waals surface area contributed by atoms with Crippen LogP contribution in [0.4, 0.5) is 10.1 Å². The number of nitriles is 1. The maximum Gasteiger partial charge on any atom is 0.261 e. The van der Waals surface area contributed by atoms with Gasteiger partial charge in [-0.15, -0.1) is 0 Å². The number of hydrogen-bond acceptors (Lipinski definition) is 3. The molecule has 0 heterocycles. The Labute approximate surface area is 124 Å². The van der Waals surface area contributed by atoms with E-state index in [2.05, 4.69) is 20.7 Å². The molecule has 2 rings (SSSR count). The number of halogens is 2. The molecule has 0 bridgehead atoms. The van der Waals surface area contributed by atoms with Gasteiger partial charge < -0.3 is 0 Å². The maximum absolute atomic E-state index is 13.3. The highest BCUT2D eigenvalue weighted by Crippen LogP contribution is 2.22. The van der Waals surface area contributed by atoms with Gasteiger partial charge in [0.05, 0.1) is 26.7 Å². The second-order valence-electron chi connectivity index (χ2n) is 3.87. The smallest absolute Gasteiger partial charge is 0.261 e. The summed E-state index contributed by atoms with van der Waals surface area (Å²) in [7, 11) is -3.81. The van der Waals surface area contributed by atoms with Gasteiger partial charge >= 0.3 is 0 Å². The summed E-state index contributed by atoms with van der Waals surface area (Å²) >= 11 is 2.99. The van der Waals surface area contributed by atoms with Crippen molar-refractivity contribution in [3.63, 3.8) is 0 Å². The van der Waals surface area contributed by atoms with Gasteiger partial charge in [0.15, 0.2) is 0 Å². The Kier molecular flexibility index (Phi) is 4.06. The molecular weight excluding hydrogens is 347 g/mol. The summed E-state index contributed by atoms with van der Waals surface area (Å²) in [6, 6.07) is 11.3. The Balaban J connectivity index is 2.30. The first-order chi connectivity index (χ1) is 9.42. The Morgan fingerprint density at radius 3 is 2.35 bits per heavy atom. The molecule has 0 aliphatic heterocycles. The molecule has 0 fully saturated rings. The third kappa shape index (κ3) is 3.15. The highest BCUT2D eigenvalue weighted by Gasteiger charge is 2.14. The number of nitrogens with one attached hydrogen (secondary N) is 1. The molecule has 0 aromatic heterocycles. The first-order valence-electron chi connectivity index (χ1n) is 5.40. The average molecular weight is 355 g/mol. The SMILES string of the molecule is N#Cc1ccc(S(=O)(=O)Nc2ccc(Br)c(F)c2)cc1. The fraction of sp³-hybridized carbons (Fsp3) is 0. The number of sulfonamides is 1. The lowest BCUT2D eigenvalue weighted by molar-refractivity contribution is 0.601. The van der Waals surface area contributed by atoms with E-state index >= 15 is 0 Å². The Hall–Kier alpha value is -1.91. The first-order valence-corrected chi connectivity index (χ1v) is 7.68. The van der Waals surface area contributed by atoms with Crippen molar-refractivity contribution >= 4 is 31.6 Å². The van der Waals surface area contributed by atoms with E-state index in [1.54, 1.807) is 0 Å². The zero-order valence-corrected chi connectivity index (χ0v) is 12.4. The van der Waals surface area contributed by atoms with E-state index in [0.29, 0.717) is 5.56 Å². The first kappa shape index (κ1) is 14.5. The molecule has 20 heavy (non-hydrogen) atoms. The van der Waals surface area contributed by atoms with E-state index in [4.69, 9.17) is 5.26 Å². The number of benzene rings is 2. The lowest BCUT2D eigenvalue weighted by Gasteiger charge is -2.08. The van der Waals surface area contributed by atoms with Crippen LogP contribution in [-0.2, 0) is 10.0 Å².